The first-order valence-electron chi connectivity index (χ1n) is 14.5. The number of piperazine rings is 2. The molecule has 0 N–H and O–H groups in total. The van der Waals surface area contributed by atoms with Crippen molar-refractivity contribution in [2.75, 3.05) is 79.2 Å². The smallest absolute Gasteiger partial charge is 0.257 e. The lowest BCUT2D eigenvalue weighted by Gasteiger charge is -2.50. The second kappa shape index (κ2) is 12.3. The van der Waals surface area contributed by atoms with Gasteiger partial charge >= 0.3 is 0 Å². The summed E-state index contributed by atoms with van der Waals surface area (Å²) in [6, 6.07) is 8.45. The van der Waals surface area contributed by atoms with Gasteiger partial charge in [0.05, 0.1) is 30.7 Å². The van der Waals surface area contributed by atoms with Gasteiger partial charge in [-0.2, -0.15) is 0 Å². The average molecular weight is 536 g/mol. The Hall–Kier alpha value is -2.59. The third kappa shape index (κ3) is 6.60. The lowest BCUT2D eigenvalue weighted by atomic mass is 9.86. The van der Waals surface area contributed by atoms with Gasteiger partial charge < -0.3 is 9.64 Å². The fraction of sp³-hybridized carbons (Fsp3) is 0.633. The van der Waals surface area contributed by atoms with Crippen LogP contribution in [0.4, 0.5) is 0 Å². The van der Waals surface area contributed by atoms with Gasteiger partial charge in [0.15, 0.2) is 0 Å². The standard InChI is InChI=1S/C30H45N7O2/c1-24-28(25(2)32-22-31-24)29(38)36-11-9-30(3,10-12-36)37-19-17-35(18-20-37)23-34-15-13-33(14-16-34)21-26-5-7-27(39-4)8-6-26/h5-8,22H,9-21,23H2,1-4H3. The van der Waals surface area contributed by atoms with Crippen LogP contribution in [0.3, 0.4) is 0 Å². The quantitative estimate of drug-likeness (QED) is 0.536. The van der Waals surface area contributed by atoms with Crippen LogP contribution in [0.2, 0.25) is 0 Å². The van der Waals surface area contributed by atoms with Crippen molar-refractivity contribution in [3.05, 3.63) is 53.1 Å². The molecule has 0 aliphatic carbocycles. The van der Waals surface area contributed by atoms with E-state index in [0.29, 0.717) is 5.56 Å². The maximum absolute atomic E-state index is 13.2. The number of methoxy groups -OCH3 is 1. The average Bonchev–Trinajstić information content (AvgIpc) is 2.95. The van der Waals surface area contributed by atoms with Gasteiger partial charge in [-0.1, -0.05) is 12.1 Å². The SMILES string of the molecule is COc1ccc(CN2CCN(CN3CCN(C4(C)CCN(C(=O)c5c(C)ncnc5C)CC4)CC3)CC2)cc1. The molecule has 9 heteroatoms. The van der Waals surface area contributed by atoms with Gasteiger partial charge in [-0.3, -0.25) is 24.4 Å². The van der Waals surface area contributed by atoms with Gasteiger partial charge in [0.2, 0.25) is 0 Å². The second-order valence-corrected chi connectivity index (χ2v) is 11.7. The first kappa shape index (κ1) is 28.0. The number of hydrogen-bond acceptors (Lipinski definition) is 8. The Morgan fingerprint density at radius 3 is 1.92 bits per heavy atom. The van der Waals surface area contributed by atoms with Crippen molar-refractivity contribution < 1.29 is 9.53 Å². The van der Waals surface area contributed by atoms with Crippen LogP contribution >= 0.6 is 0 Å². The molecule has 0 unspecified atom stereocenters. The third-order valence-corrected chi connectivity index (χ3v) is 9.13. The first-order valence-corrected chi connectivity index (χ1v) is 14.5. The van der Waals surface area contributed by atoms with Gasteiger partial charge in [-0.05, 0) is 51.3 Å². The molecule has 0 radical (unpaired) electrons. The van der Waals surface area contributed by atoms with E-state index in [1.54, 1.807) is 13.4 Å². The molecule has 0 spiro atoms. The lowest BCUT2D eigenvalue weighted by molar-refractivity contribution is -0.0149. The Morgan fingerprint density at radius 2 is 1.36 bits per heavy atom. The molecule has 0 bridgehead atoms. The van der Waals surface area contributed by atoms with E-state index >= 15 is 0 Å². The number of piperidine rings is 1. The number of carbonyl (C=O) groups is 1. The molecular formula is C30H45N7O2. The number of carbonyl (C=O) groups excluding carboxylic acids is 1. The molecule has 4 heterocycles. The molecule has 2 aromatic rings. The van der Waals surface area contributed by atoms with Crippen molar-refractivity contribution in [1.29, 1.82) is 0 Å². The van der Waals surface area contributed by atoms with Crippen LogP contribution in [-0.2, 0) is 6.54 Å². The Kier molecular flexibility index (Phi) is 8.81. The molecular weight excluding hydrogens is 490 g/mol. The summed E-state index contributed by atoms with van der Waals surface area (Å²) in [7, 11) is 1.71. The van der Waals surface area contributed by atoms with Crippen LogP contribution < -0.4 is 4.74 Å². The normalized spacial score (nSPS) is 21.7. The van der Waals surface area contributed by atoms with E-state index in [2.05, 4.69) is 60.8 Å². The number of nitrogens with zero attached hydrogens (tertiary/aromatic N) is 7. The van der Waals surface area contributed by atoms with E-state index in [1.807, 2.05) is 18.7 Å². The van der Waals surface area contributed by atoms with Crippen LogP contribution in [-0.4, -0.2) is 125 Å². The summed E-state index contributed by atoms with van der Waals surface area (Å²) >= 11 is 0. The van der Waals surface area contributed by atoms with Gasteiger partial charge in [0.1, 0.15) is 12.1 Å². The lowest BCUT2D eigenvalue weighted by Crippen LogP contribution is -2.61. The summed E-state index contributed by atoms with van der Waals surface area (Å²) in [6.45, 7) is 18.8. The topological polar surface area (TPSA) is 68.3 Å². The van der Waals surface area contributed by atoms with Crippen molar-refractivity contribution >= 4 is 5.91 Å². The van der Waals surface area contributed by atoms with Crippen molar-refractivity contribution in [3.8, 4) is 5.75 Å². The summed E-state index contributed by atoms with van der Waals surface area (Å²) in [5.41, 5.74) is 3.73. The minimum atomic E-state index is 0.0848. The Bertz CT molecular complexity index is 1080. The van der Waals surface area contributed by atoms with Crippen LogP contribution in [0.5, 0.6) is 5.75 Å². The van der Waals surface area contributed by atoms with Crippen LogP contribution in [0, 0.1) is 13.8 Å². The summed E-state index contributed by atoms with van der Waals surface area (Å²) < 4.78 is 5.28. The molecule has 5 rings (SSSR count). The van der Waals surface area contributed by atoms with Gasteiger partial charge in [0, 0.05) is 77.5 Å². The van der Waals surface area contributed by atoms with E-state index in [9.17, 15) is 4.79 Å². The predicted octanol–water partition coefficient (Wildman–Crippen LogP) is 2.49. The van der Waals surface area contributed by atoms with Crippen molar-refractivity contribution in [1.82, 2.24) is 34.5 Å². The third-order valence-electron chi connectivity index (χ3n) is 9.13. The Balaban J connectivity index is 1.03. The molecule has 1 aromatic carbocycles. The molecule has 1 aromatic heterocycles. The van der Waals surface area contributed by atoms with E-state index in [0.717, 1.165) is 109 Å². The van der Waals surface area contributed by atoms with Crippen LogP contribution in [0.25, 0.3) is 0 Å². The van der Waals surface area contributed by atoms with E-state index in [-0.39, 0.29) is 11.4 Å². The number of amides is 1. The molecule has 3 aliphatic rings. The minimum absolute atomic E-state index is 0.0848. The molecule has 212 valence electrons. The molecule has 3 aliphatic heterocycles. The summed E-state index contributed by atoms with van der Waals surface area (Å²) in [5.74, 6) is 1.00. The summed E-state index contributed by atoms with van der Waals surface area (Å²) in [5, 5.41) is 0. The van der Waals surface area contributed by atoms with Crippen LogP contribution in [0.15, 0.2) is 30.6 Å². The fourth-order valence-electron chi connectivity index (χ4n) is 6.36. The highest BCUT2D eigenvalue weighted by atomic mass is 16.5. The summed E-state index contributed by atoms with van der Waals surface area (Å²) in [4.78, 5) is 34.2. The Labute approximate surface area is 233 Å². The number of rotatable bonds is 7. The molecule has 0 saturated carbocycles. The number of aromatic nitrogens is 2. The maximum atomic E-state index is 13.2. The van der Waals surface area contributed by atoms with Gasteiger partial charge in [0.25, 0.3) is 5.91 Å². The largest absolute Gasteiger partial charge is 0.497 e. The van der Waals surface area contributed by atoms with E-state index in [4.69, 9.17) is 4.74 Å². The van der Waals surface area contributed by atoms with E-state index < -0.39 is 0 Å². The van der Waals surface area contributed by atoms with Gasteiger partial charge in [-0.25, -0.2) is 9.97 Å². The number of ether oxygens (including phenoxy) is 1. The zero-order chi connectivity index (χ0) is 27.4. The maximum Gasteiger partial charge on any atom is 0.257 e. The number of aryl methyl sites for hydroxylation is 2. The number of benzene rings is 1. The molecule has 1 amide bonds. The summed E-state index contributed by atoms with van der Waals surface area (Å²) in [6.07, 6.45) is 3.57. The van der Waals surface area contributed by atoms with Crippen molar-refractivity contribution in [2.45, 2.75) is 45.7 Å². The van der Waals surface area contributed by atoms with Crippen LogP contribution in [0.1, 0.15) is 47.1 Å². The second-order valence-electron chi connectivity index (χ2n) is 11.7. The molecule has 3 fully saturated rings. The monoisotopic (exact) mass is 535 g/mol. The minimum Gasteiger partial charge on any atom is -0.497 e. The highest BCUT2D eigenvalue weighted by Crippen LogP contribution is 2.30. The predicted molar refractivity (Wildman–Crippen MR) is 153 cm³/mol. The molecule has 0 atom stereocenters. The molecule has 3 saturated heterocycles. The molecule has 39 heavy (non-hydrogen) atoms. The van der Waals surface area contributed by atoms with E-state index in [1.165, 1.54) is 5.56 Å². The first-order chi connectivity index (χ1) is 18.8. The number of likely N-dealkylation sites (tertiary alicyclic amines) is 1. The zero-order valence-corrected chi connectivity index (χ0v) is 24.2. The highest BCUT2D eigenvalue weighted by molar-refractivity contribution is 5.96. The fourth-order valence-corrected chi connectivity index (χ4v) is 6.36. The van der Waals surface area contributed by atoms with Gasteiger partial charge in [-0.15, -0.1) is 0 Å². The van der Waals surface area contributed by atoms with Crippen molar-refractivity contribution in [3.63, 3.8) is 0 Å². The zero-order valence-electron chi connectivity index (χ0n) is 24.2. The number of hydrogen-bond donors (Lipinski definition) is 0. The Morgan fingerprint density at radius 1 is 0.821 bits per heavy atom. The van der Waals surface area contributed by atoms with Crippen molar-refractivity contribution in [2.24, 2.45) is 0 Å². The molecule has 9 nitrogen and oxygen atoms in total. The highest BCUT2D eigenvalue weighted by Gasteiger charge is 2.39.